The second-order valence-corrected chi connectivity index (χ2v) is 5.96. The van der Waals surface area contributed by atoms with Crippen LogP contribution in [0, 0.1) is 0 Å². The molecular formula is C17H25NO3. The van der Waals surface area contributed by atoms with Crippen molar-refractivity contribution in [2.45, 2.75) is 64.3 Å². The molecule has 1 N–H and O–H groups in total. The number of ether oxygens (including phenoxy) is 1. The Morgan fingerprint density at radius 1 is 1.29 bits per heavy atom. The summed E-state index contributed by atoms with van der Waals surface area (Å²) in [7, 11) is 0. The lowest BCUT2D eigenvalue weighted by atomic mass is 9.91. The van der Waals surface area contributed by atoms with Gasteiger partial charge in [-0.05, 0) is 32.3 Å². The molecule has 1 saturated carbocycles. The van der Waals surface area contributed by atoms with Gasteiger partial charge in [-0.3, -0.25) is 0 Å². The Bertz CT molecular complexity index is 447. The van der Waals surface area contributed by atoms with Gasteiger partial charge >= 0.3 is 6.09 Å². The highest BCUT2D eigenvalue weighted by atomic mass is 16.6. The molecule has 0 aliphatic heterocycles. The van der Waals surface area contributed by atoms with E-state index in [9.17, 15) is 9.90 Å². The Morgan fingerprint density at radius 2 is 1.95 bits per heavy atom. The number of aliphatic hydroxyl groups is 1. The van der Waals surface area contributed by atoms with Gasteiger partial charge in [-0.25, -0.2) is 4.79 Å². The molecule has 1 aromatic carbocycles. The van der Waals surface area contributed by atoms with Gasteiger partial charge < -0.3 is 14.7 Å². The van der Waals surface area contributed by atoms with Crippen molar-refractivity contribution in [3.63, 3.8) is 0 Å². The lowest BCUT2D eigenvalue weighted by Gasteiger charge is -2.39. The molecule has 0 unspecified atom stereocenters. The van der Waals surface area contributed by atoms with E-state index in [1.165, 1.54) is 0 Å². The Balaban J connectivity index is 1.98. The number of aliphatic hydroxyl groups excluding tert-OH is 1. The number of hydrogen-bond acceptors (Lipinski definition) is 3. The molecule has 0 radical (unpaired) electrons. The largest absolute Gasteiger partial charge is 0.445 e. The molecule has 2 atom stereocenters. The molecule has 0 aromatic heterocycles. The van der Waals surface area contributed by atoms with Crippen molar-refractivity contribution in [2.24, 2.45) is 0 Å². The minimum absolute atomic E-state index is 0.0195. The number of amides is 1. The molecule has 0 spiro atoms. The summed E-state index contributed by atoms with van der Waals surface area (Å²) in [5, 5.41) is 10.2. The van der Waals surface area contributed by atoms with Crippen molar-refractivity contribution in [1.29, 1.82) is 0 Å². The highest BCUT2D eigenvalue weighted by molar-refractivity contribution is 5.68. The summed E-state index contributed by atoms with van der Waals surface area (Å²) >= 11 is 0. The molecule has 1 aromatic rings. The lowest BCUT2D eigenvalue weighted by molar-refractivity contribution is -0.00122. The number of rotatable bonds is 4. The number of hydrogen-bond donors (Lipinski definition) is 1. The van der Waals surface area contributed by atoms with Crippen LogP contribution in [0.3, 0.4) is 0 Å². The maximum atomic E-state index is 12.4. The summed E-state index contributed by atoms with van der Waals surface area (Å²) in [4.78, 5) is 14.1. The summed E-state index contributed by atoms with van der Waals surface area (Å²) in [5.74, 6) is 0. The predicted molar refractivity (Wildman–Crippen MR) is 81.9 cm³/mol. The number of carbonyl (C=O) groups is 1. The molecule has 0 heterocycles. The Kier molecular flexibility index (Phi) is 5.62. The van der Waals surface area contributed by atoms with E-state index in [4.69, 9.17) is 4.74 Å². The van der Waals surface area contributed by atoms with E-state index in [1.807, 2.05) is 44.2 Å². The second kappa shape index (κ2) is 7.46. The standard InChI is InChI=1S/C17H25NO3/c1-13(2)18(15-10-6-7-11-16(15)19)17(20)21-12-14-8-4-3-5-9-14/h3-5,8-9,13,15-16,19H,6-7,10-12H2,1-2H3/t15-,16-/m1/s1. The van der Waals surface area contributed by atoms with Crippen LogP contribution in [0.1, 0.15) is 45.1 Å². The van der Waals surface area contributed by atoms with Crippen molar-refractivity contribution >= 4 is 6.09 Å². The molecule has 0 bridgehead atoms. The van der Waals surface area contributed by atoms with Gasteiger partial charge in [0, 0.05) is 6.04 Å². The fraction of sp³-hybridized carbons (Fsp3) is 0.588. The van der Waals surface area contributed by atoms with Gasteiger partial charge in [0.15, 0.2) is 0 Å². The van der Waals surface area contributed by atoms with E-state index in [2.05, 4.69) is 0 Å². The van der Waals surface area contributed by atoms with E-state index in [1.54, 1.807) is 4.90 Å². The van der Waals surface area contributed by atoms with E-state index in [-0.39, 0.29) is 24.8 Å². The number of carbonyl (C=O) groups excluding carboxylic acids is 1. The minimum Gasteiger partial charge on any atom is -0.445 e. The Labute approximate surface area is 126 Å². The first-order valence-corrected chi connectivity index (χ1v) is 7.76. The molecular weight excluding hydrogens is 266 g/mol. The lowest BCUT2D eigenvalue weighted by Crippen LogP contribution is -2.51. The summed E-state index contributed by atoms with van der Waals surface area (Å²) in [6.07, 6.45) is 2.92. The molecule has 116 valence electrons. The number of nitrogens with zero attached hydrogens (tertiary/aromatic N) is 1. The van der Waals surface area contributed by atoms with Crippen LogP contribution in [0.15, 0.2) is 30.3 Å². The third kappa shape index (κ3) is 4.21. The molecule has 2 rings (SSSR count). The van der Waals surface area contributed by atoms with Crippen LogP contribution in [0.4, 0.5) is 4.79 Å². The van der Waals surface area contributed by atoms with Gasteiger partial charge in [-0.2, -0.15) is 0 Å². The van der Waals surface area contributed by atoms with E-state index in [0.717, 1.165) is 31.2 Å². The molecule has 0 saturated heterocycles. The molecule has 1 aliphatic rings. The average molecular weight is 291 g/mol. The van der Waals surface area contributed by atoms with Crippen LogP contribution >= 0.6 is 0 Å². The van der Waals surface area contributed by atoms with Gasteiger partial charge in [-0.15, -0.1) is 0 Å². The Hall–Kier alpha value is -1.55. The summed E-state index contributed by atoms with van der Waals surface area (Å²) < 4.78 is 5.43. The first-order chi connectivity index (χ1) is 10.1. The molecule has 1 aliphatic carbocycles. The molecule has 4 heteroatoms. The van der Waals surface area contributed by atoms with Crippen LogP contribution in [0.25, 0.3) is 0 Å². The van der Waals surface area contributed by atoms with Gasteiger partial charge in [0.25, 0.3) is 0 Å². The summed E-state index contributed by atoms with van der Waals surface area (Å²) in [5.41, 5.74) is 0.971. The van der Waals surface area contributed by atoms with E-state index in [0.29, 0.717) is 0 Å². The third-order valence-electron chi connectivity index (χ3n) is 4.02. The molecule has 21 heavy (non-hydrogen) atoms. The zero-order chi connectivity index (χ0) is 15.2. The highest BCUT2D eigenvalue weighted by Gasteiger charge is 2.34. The fourth-order valence-electron chi connectivity index (χ4n) is 2.94. The van der Waals surface area contributed by atoms with Gasteiger partial charge in [0.05, 0.1) is 12.1 Å². The van der Waals surface area contributed by atoms with Crippen molar-refractivity contribution in [3.05, 3.63) is 35.9 Å². The zero-order valence-corrected chi connectivity index (χ0v) is 12.9. The topological polar surface area (TPSA) is 49.8 Å². The van der Waals surface area contributed by atoms with E-state index >= 15 is 0 Å². The fourth-order valence-corrected chi connectivity index (χ4v) is 2.94. The van der Waals surface area contributed by atoms with Crippen molar-refractivity contribution in [1.82, 2.24) is 4.90 Å². The maximum absolute atomic E-state index is 12.4. The minimum atomic E-state index is -0.439. The smallest absolute Gasteiger partial charge is 0.410 e. The van der Waals surface area contributed by atoms with Crippen LogP contribution in [-0.4, -0.2) is 34.3 Å². The third-order valence-corrected chi connectivity index (χ3v) is 4.02. The first-order valence-electron chi connectivity index (χ1n) is 7.76. The zero-order valence-electron chi connectivity index (χ0n) is 12.9. The van der Waals surface area contributed by atoms with Crippen LogP contribution in [0.2, 0.25) is 0 Å². The highest BCUT2D eigenvalue weighted by Crippen LogP contribution is 2.25. The van der Waals surface area contributed by atoms with Gasteiger partial charge in [0.2, 0.25) is 0 Å². The van der Waals surface area contributed by atoms with Crippen LogP contribution in [0.5, 0.6) is 0 Å². The number of benzene rings is 1. The van der Waals surface area contributed by atoms with Crippen molar-refractivity contribution in [2.75, 3.05) is 0 Å². The monoisotopic (exact) mass is 291 g/mol. The summed E-state index contributed by atoms with van der Waals surface area (Å²) in [6, 6.07) is 9.55. The SMILES string of the molecule is CC(C)N(C(=O)OCc1ccccc1)[C@@H]1CCCC[C@H]1O. The van der Waals surface area contributed by atoms with Gasteiger partial charge in [-0.1, -0.05) is 43.2 Å². The average Bonchev–Trinajstić information content (AvgIpc) is 2.48. The first kappa shape index (κ1) is 15.8. The van der Waals surface area contributed by atoms with Crippen LogP contribution in [-0.2, 0) is 11.3 Å². The second-order valence-electron chi connectivity index (χ2n) is 5.96. The molecule has 1 fully saturated rings. The normalized spacial score (nSPS) is 22.1. The van der Waals surface area contributed by atoms with E-state index < -0.39 is 6.10 Å². The van der Waals surface area contributed by atoms with Gasteiger partial charge in [0.1, 0.15) is 6.61 Å². The quantitative estimate of drug-likeness (QED) is 0.925. The van der Waals surface area contributed by atoms with Crippen LogP contribution < -0.4 is 0 Å². The molecule has 1 amide bonds. The molecule has 4 nitrogen and oxygen atoms in total. The van der Waals surface area contributed by atoms with Crippen molar-refractivity contribution < 1.29 is 14.6 Å². The van der Waals surface area contributed by atoms with Crippen molar-refractivity contribution in [3.8, 4) is 0 Å². The summed E-state index contributed by atoms with van der Waals surface area (Å²) in [6.45, 7) is 4.20. The Morgan fingerprint density at radius 3 is 2.57 bits per heavy atom. The maximum Gasteiger partial charge on any atom is 0.410 e. The predicted octanol–water partition coefficient (Wildman–Crippen LogP) is 3.34.